The van der Waals surface area contributed by atoms with Crippen LogP contribution in [0.15, 0.2) is 58.6 Å². The predicted octanol–water partition coefficient (Wildman–Crippen LogP) is 3.77. The molecule has 0 saturated carbocycles. The molecule has 0 spiro atoms. The standard InChI is InChI=1S/2C15H17N5O/c1-9-4-5-11(6-10(9)2)7-16-15-18-13-12(14(21)19-15)20(3)8-17-13;1-9-4-5-11(6-10(9)2)7-16-15-18-13-12(14(21)19-15)17-8-20(13)3/h2*4-6,8H,7H2,1-3H3,(H2,16,18,19,21). The van der Waals surface area contributed by atoms with Crippen LogP contribution in [0.1, 0.15) is 33.4 Å². The van der Waals surface area contributed by atoms with Crippen LogP contribution in [0.4, 0.5) is 11.9 Å². The SMILES string of the molecule is Cc1ccc(CNc2nc3c(ncn3C)c(=O)[nH]2)cc1C.Cc1ccc(CNc2nc3ncn(C)c3c(=O)[nH]2)cc1C. The lowest BCUT2D eigenvalue weighted by Gasteiger charge is -2.08. The molecule has 0 saturated heterocycles. The molecule has 0 amide bonds. The summed E-state index contributed by atoms with van der Waals surface area (Å²) in [7, 11) is 3.59. The van der Waals surface area contributed by atoms with Crippen molar-refractivity contribution < 1.29 is 0 Å². The summed E-state index contributed by atoms with van der Waals surface area (Å²) in [6.07, 6.45) is 3.17. The molecule has 42 heavy (non-hydrogen) atoms. The first kappa shape index (κ1) is 28.3. The van der Waals surface area contributed by atoms with Gasteiger partial charge in [-0.2, -0.15) is 9.97 Å². The zero-order valence-corrected chi connectivity index (χ0v) is 24.5. The van der Waals surface area contributed by atoms with Crippen molar-refractivity contribution in [2.24, 2.45) is 14.1 Å². The fraction of sp³-hybridized carbons (Fsp3) is 0.267. The summed E-state index contributed by atoms with van der Waals surface area (Å²) in [6, 6.07) is 12.6. The van der Waals surface area contributed by atoms with Crippen molar-refractivity contribution in [3.8, 4) is 0 Å². The molecule has 0 aliphatic rings. The second-order valence-electron chi connectivity index (χ2n) is 10.4. The Bertz CT molecular complexity index is 2020. The summed E-state index contributed by atoms with van der Waals surface area (Å²) in [5.74, 6) is 0.888. The Labute approximate surface area is 241 Å². The van der Waals surface area contributed by atoms with Gasteiger partial charge < -0.3 is 19.8 Å². The molecule has 216 valence electrons. The van der Waals surface area contributed by atoms with E-state index >= 15 is 0 Å². The number of aromatic nitrogens is 8. The van der Waals surface area contributed by atoms with E-state index in [1.165, 1.54) is 22.3 Å². The number of hydrogen-bond donors (Lipinski definition) is 4. The van der Waals surface area contributed by atoms with Gasteiger partial charge in [0, 0.05) is 27.2 Å². The second kappa shape index (κ2) is 11.7. The minimum Gasteiger partial charge on any atom is -0.352 e. The minimum absolute atomic E-state index is 0.192. The molecule has 4 aromatic heterocycles. The molecule has 12 heteroatoms. The van der Waals surface area contributed by atoms with E-state index in [-0.39, 0.29) is 11.1 Å². The quantitative estimate of drug-likeness (QED) is 0.238. The maximum atomic E-state index is 12.0. The van der Waals surface area contributed by atoms with E-state index in [1.54, 1.807) is 28.8 Å². The van der Waals surface area contributed by atoms with Gasteiger partial charge in [-0.3, -0.25) is 19.6 Å². The van der Waals surface area contributed by atoms with E-state index in [0.717, 1.165) is 11.1 Å². The molecule has 0 bridgehead atoms. The van der Waals surface area contributed by atoms with Crippen LogP contribution in [0.2, 0.25) is 0 Å². The van der Waals surface area contributed by atoms with Crippen LogP contribution < -0.4 is 21.8 Å². The van der Waals surface area contributed by atoms with Gasteiger partial charge in [-0.05, 0) is 61.1 Å². The van der Waals surface area contributed by atoms with Crippen LogP contribution in [0, 0.1) is 27.7 Å². The Hall–Kier alpha value is -5.26. The van der Waals surface area contributed by atoms with E-state index in [0.29, 0.717) is 47.3 Å². The number of hydrogen-bond acceptors (Lipinski definition) is 8. The summed E-state index contributed by atoms with van der Waals surface area (Å²) < 4.78 is 3.39. The van der Waals surface area contributed by atoms with Crippen molar-refractivity contribution in [1.29, 1.82) is 0 Å². The fourth-order valence-corrected chi connectivity index (χ4v) is 4.44. The molecule has 4 heterocycles. The van der Waals surface area contributed by atoms with Crippen molar-refractivity contribution in [2.45, 2.75) is 40.8 Å². The minimum atomic E-state index is -0.233. The number of anilines is 2. The van der Waals surface area contributed by atoms with E-state index in [9.17, 15) is 9.59 Å². The lowest BCUT2D eigenvalue weighted by molar-refractivity contribution is 0.925. The first-order chi connectivity index (χ1) is 20.1. The summed E-state index contributed by atoms with van der Waals surface area (Å²) >= 11 is 0. The summed E-state index contributed by atoms with van der Waals surface area (Å²) in [5.41, 5.74) is 8.74. The van der Waals surface area contributed by atoms with Crippen LogP contribution in [0.3, 0.4) is 0 Å². The molecule has 0 unspecified atom stereocenters. The number of rotatable bonds is 6. The van der Waals surface area contributed by atoms with Gasteiger partial charge in [-0.1, -0.05) is 36.4 Å². The zero-order chi connectivity index (χ0) is 30.0. The molecular formula is C30H34N10O2. The van der Waals surface area contributed by atoms with Gasteiger partial charge in [0.05, 0.1) is 12.7 Å². The third-order valence-corrected chi connectivity index (χ3v) is 7.22. The van der Waals surface area contributed by atoms with Crippen LogP contribution >= 0.6 is 0 Å². The number of imidazole rings is 2. The molecule has 0 fully saturated rings. The largest absolute Gasteiger partial charge is 0.352 e. The van der Waals surface area contributed by atoms with Crippen molar-refractivity contribution in [3.05, 3.63) is 103 Å². The van der Waals surface area contributed by atoms with Crippen LogP contribution in [0.5, 0.6) is 0 Å². The Kier molecular flexibility index (Phi) is 7.87. The second-order valence-corrected chi connectivity index (χ2v) is 10.4. The normalized spacial score (nSPS) is 11.0. The highest BCUT2D eigenvalue weighted by Crippen LogP contribution is 2.13. The summed E-state index contributed by atoms with van der Waals surface area (Å²) in [5, 5.41) is 6.28. The lowest BCUT2D eigenvalue weighted by Crippen LogP contribution is -2.14. The Morgan fingerprint density at radius 3 is 1.83 bits per heavy atom. The van der Waals surface area contributed by atoms with Crippen LogP contribution in [-0.4, -0.2) is 39.0 Å². The highest BCUT2D eigenvalue weighted by Gasteiger charge is 2.09. The Balaban J connectivity index is 0.000000168. The van der Waals surface area contributed by atoms with Gasteiger partial charge in [0.1, 0.15) is 0 Å². The number of aryl methyl sites for hydroxylation is 6. The molecular weight excluding hydrogens is 532 g/mol. The highest BCUT2D eigenvalue weighted by atomic mass is 16.1. The van der Waals surface area contributed by atoms with Gasteiger partial charge in [0.25, 0.3) is 11.1 Å². The summed E-state index contributed by atoms with van der Waals surface area (Å²) in [6.45, 7) is 9.54. The van der Waals surface area contributed by atoms with Crippen molar-refractivity contribution in [2.75, 3.05) is 10.6 Å². The molecule has 6 rings (SSSR count). The summed E-state index contributed by atoms with van der Waals surface area (Å²) in [4.78, 5) is 46.2. The zero-order valence-electron chi connectivity index (χ0n) is 24.5. The average molecular weight is 567 g/mol. The van der Waals surface area contributed by atoms with Gasteiger partial charge in [-0.15, -0.1) is 0 Å². The van der Waals surface area contributed by atoms with E-state index in [4.69, 9.17) is 0 Å². The first-order valence-electron chi connectivity index (χ1n) is 13.5. The van der Waals surface area contributed by atoms with E-state index in [1.807, 2.05) is 7.05 Å². The number of H-pyrrole nitrogens is 2. The predicted molar refractivity (Wildman–Crippen MR) is 165 cm³/mol. The van der Waals surface area contributed by atoms with Gasteiger partial charge in [-0.25, -0.2) is 9.97 Å². The fourth-order valence-electron chi connectivity index (χ4n) is 4.44. The Morgan fingerprint density at radius 2 is 1.24 bits per heavy atom. The van der Waals surface area contributed by atoms with Crippen LogP contribution in [-0.2, 0) is 27.2 Å². The van der Waals surface area contributed by atoms with Crippen LogP contribution in [0.25, 0.3) is 22.3 Å². The Morgan fingerprint density at radius 1 is 0.690 bits per heavy atom. The molecule has 0 aliphatic carbocycles. The van der Waals surface area contributed by atoms with E-state index in [2.05, 4.69) is 105 Å². The monoisotopic (exact) mass is 566 g/mol. The third kappa shape index (κ3) is 6.07. The molecule has 0 radical (unpaired) electrons. The van der Waals surface area contributed by atoms with Crippen molar-refractivity contribution in [1.82, 2.24) is 39.0 Å². The van der Waals surface area contributed by atoms with Gasteiger partial charge >= 0.3 is 0 Å². The smallest absolute Gasteiger partial charge is 0.280 e. The average Bonchev–Trinajstić information content (AvgIpc) is 3.53. The molecule has 0 atom stereocenters. The number of nitrogens with zero attached hydrogens (tertiary/aromatic N) is 6. The maximum absolute atomic E-state index is 12.0. The number of aromatic amines is 2. The van der Waals surface area contributed by atoms with Gasteiger partial charge in [0.2, 0.25) is 11.9 Å². The van der Waals surface area contributed by atoms with Crippen molar-refractivity contribution >= 4 is 34.2 Å². The molecule has 2 aromatic carbocycles. The molecule has 6 aromatic rings. The van der Waals surface area contributed by atoms with Gasteiger partial charge in [0.15, 0.2) is 22.3 Å². The molecule has 12 nitrogen and oxygen atoms in total. The van der Waals surface area contributed by atoms with E-state index < -0.39 is 0 Å². The maximum Gasteiger partial charge on any atom is 0.280 e. The first-order valence-corrected chi connectivity index (χ1v) is 13.5. The molecule has 0 aliphatic heterocycles. The molecule has 4 N–H and O–H groups in total. The van der Waals surface area contributed by atoms with Crippen molar-refractivity contribution in [3.63, 3.8) is 0 Å². The lowest BCUT2D eigenvalue weighted by atomic mass is 10.1. The highest BCUT2D eigenvalue weighted by molar-refractivity contribution is 5.71. The number of benzene rings is 2. The topological polar surface area (TPSA) is 151 Å². The number of fused-ring (bicyclic) bond motifs is 2. The third-order valence-electron chi connectivity index (χ3n) is 7.22. The number of nitrogens with one attached hydrogen (secondary N) is 4.